The monoisotopic (exact) mass is 399 g/mol. The van der Waals surface area contributed by atoms with Gasteiger partial charge in [0.25, 0.3) is 0 Å². The molecule has 0 bridgehead atoms. The summed E-state index contributed by atoms with van der Waals surface area (Å²) >= 11 is 0. The molecule has 0 aromatic heterocycles. The number of morpholine rings is 1. The fraction of sp³-hybridized carbons (Fsp3) is 0.364. The van der Waals surface area contributed by atoms with Crippen molar-refractivity contribution in [3.63, 3.8) is 0 Å². The Labute approximate surface area is 170 Å². The number of rotatable bonds is 6. The van der Waals surface area contributed by atoms with Gasteiger partial charge in [-0.05, 0) is 43.7 Å². The van der Waals surface area contributed by atoms with Crippen LogP contribution in [0.15, 0.2) is 48.5 Å². The van der Waals surface area contributed by atoms with Gasteiger partial charge in [0.1, 0.15) is 11.2 Å². The van der Waals surface area contributed by atoms with Crippen molar-refractivity contribution < 1.29 is 18.7 Å². The molecule has 1 aliphatic heterocycles. The summed E-state index contributed by atoms with van der Waals surface area (Å²) in [4.78, 5) is 27.7. The van der Waals surface area contributed by atoms with Crippen molar-refractivity contribution in [3.05, 3.63) is 59.9 Å². The molecule has 2 aromatic carbocycles. The van der Waals surface area contributed by atoms with Gasteiger partial charge in [-0.1, -0.05) is 24.3 Å². The number of anilines is 2. The molecule has 0 unspecified atom stereocenters. The van der Waals surface area contributed by atoms with E-state index in [-0.39, 0.29) is 12.4 Å². The highest BCUT2D eigenvalue weighted by atomic mass is 19.1. The molecule has 1 fully saturated rings. The van der Waals surface area contributed by atoms with E-state index >= 15 is 0 Å². The number of carbonyl (C=O) groups excluding carboxylic acids is 2. The SMILES string of the molecule is CC(C)(C(=O)NCc1ccc(F)cc1)C(=O)Nc1ccccc1N1CCOCC1. The number of amides is 2. The first-order valence-corrected chi connectivity index (χ1v) is 9.64. The molecule has 0 atom stereocenters. The maximum Gasteiger partial charge on any atom is 0.239 e. The van der Waals surface area contributed by atoms with Crippen molar-refractivity contribution in [2.45, 2.75) is 20.4 Å². The lowest BCUT2D eigenvalue weighted by Gasteiger charge is -2.31. The first kappa shape index (κ1) is 20.8. The number of halogens is 1. The highest BCUT2D eigenvalue weighted by Crippen LogP contribution is 2.28. The zero-order chi connectivity index (χ0) is 20.9. The number of nitrogens with zero attached hydrogens (tertiary/aromatic N) is 1. The summed E-state index contributed by atoms with van der Waals surface area (Å²) < 4.78 is 18.4. The van der Waals surface area contributed by atoms with Gasteiger partial charge in [0.15, 0.2) is 0 Å². The minimum atomic E-state index is -1.28. The number of para-hydroxylation sites is 2. The van der Waals surface area contributed by atoms with Crippen LogP contribution in [0.25, 0.3) is 0 Å². The molecule has 29 heavy (non-hydrogen) atoms. The smallest absolute Gasteiger partial charge is 0.239 e. The molecule has 0 spiro atoms. The number of hydrogen-bond acceptors (Lipinski definition) is 4. The van der Waals surface area contributed by atoms with E-state index in [1.54, 1.807) is 26.0 Å². The molecule has 154 valence electrons. The average molecular weight is 399 g/mol. The molecule has 2 aromatic rings. The Morgan fingerprint density at radius 3 is 2.38 bits per heavy atom. The second kappa shape index (κ2) is 9.05. The van der Waals surface area contributed by atoms with Crippen molar-refractivity contribution in [3.8, 4) is 0 Å². The van der Waals surface area contributed by atoms with Crippen molar-refractivity contribution in [1.82, 2.24) is 5.32 Å². The van der Waals surface area contributed by atoms with E-state index in [1.165, 1.54) is 12.1 Å². The molecule has 6 nitrogen and oxygen atoms in total. The molecule has 0 radical (unpaired) electrons. The number of nitrogens with one attached hydrogen (secondary N) is 2. The van der Waals surface area contributed by atoms with Gasteiger partial charge in [0.2, 0.25) is 11.8 Å². The third-order valence-electron chi connectivity index (χ3n) is 5.01. The normalized spacial score (nSPS) is 14.4. The molecule has 3 rings (SSSR count). The van der Waals surface area contributed by atoms with Crippen LogP contribution in [-0.4, -0.2) is 38.1 Å². The van der Waals surface area contributed by atoms with Gasteiger partial charge in [-0.15, -0.1) is 0 Å². The quantitative estimate of drug-likeness (QED) is 0.733. The molecule has 2 N–H and O–H groups in total. The molecule has 1 heterocycles. The number of carbonyl (C=O) groups is 2. The Kier molecular flexibility index (Phi) is 6.49. The van der Waals surface area contributed by atoms with Crippen LogP contribution in [0.4, 0.5) is 15.8 Å². The number of benzene rings is 2. The lowest BCUT2D eigenvalue weighted by molar-refractivity contribution is -0.138. The Hall–Kier alpha value is -2.93. The van der Waals surface area contributed by atoms with Crippen LogP contribution >= 0.6 is 0 Å². The van der Waals surface area contributed by atoms with Gasteiger partial charge in [-0.25, -0.2) is 4.39 Å². The summed E-state index contributed by atoms with van der Waals surface area (Å²) in [6.07, 6.45) is 0. The van der Waals surface area contributed by atoms with E-state index in [0.717, 1.165) is 24.3 Å². The van der Waals surface area contributed by atoms with Gasteiger partial charge in [0, 0.05) is 19.6 Å². The fourth-order valence-corrected chi connectivity index (χ4v) is 3.05. The Morgan fingerprint density at radius 2 is 1.69 bits per heavy atom. The lowest BCUT2D eigenvalue weighted by atomic mass is 9.90. The molecule has 1 aliphatic rings. The third kappa shape index (κ3) is 5.12. The maximum absolute atomic E-state index is 13.0. The first-order valence-electron chi connectivity index (χ1n) is 9.64. The van der Waals surface area contributed by atoms with Crippen molar-refractivity contribution >= 4 is 23.2 Å². The zero-order valence-corrected chi connectivity index (χ0v) is 16.7. The predicted octanol–water partition coefficient (Wildman–Crippen LogP) is 2.94. The largest absolute Gasteiger partial charge is 0.378 e. The second-order valence-corrected chi connectivity index (χ2v) is 7.50. The third-order valence-corrected chi connectivity index (χ3v) is 5.01. The second-order valence-electron chi connectivity index (χ2n) is 7.50. The predicted molar refractivity (Wildman–Crippen MR) is 110 cm³/mol. The van der Waals surface area contributed by atoms with Crippen molar-refractivity contribution in [2.75, 3.05) is 36.5 Å². The molecule has 0 saturated carbocycles. The maximum atomic E-state index is 13.0. The molecular weight excluding hydrogens is 373 g/mol. The van der Waals surface area contributed by atoms with E-state index in [1.807, 2.05) is 24.3 Å². The van der Waals surface area contributed by atoms with Crippen LogP contribution in [0.2, 0.25) is 0 Å². The Bertz CT molecular complexity index is 862. The highest BCUT2D eigenvalue weighted by molar-refractivity contribution is 6.10. The zero-order valence-electron chi connectivity index (χ0n) is 16.7. The van der Waals surface area contributed by atoms with Gasteiger partial charge in [0.05, 0.1) is 24.6 Å². The van der Waals surface area contributed by atoms with Gasteiger partial charge in [-0.3, -0.25) is 9.59 Å². The topological polar surface area (TPSA) is 70.7 Å². The number of ether oxygens (including phenoxy) is 1. The standard InChI is InChI=1S/C22H26FN3O3/c1-22(2,20(27)24-15-16-7-9-17(23)10-8-16)21(28)25-18-5-3-4-6-19(18)26-11-13-29-14-12-26/h3-10H,11-15H2,1-2H3,(H,24,27)(H,25,28). The van der Waals surface area contributed by atoms with E-state index in [2.05, 4.69) is 15.5 Å². The molecule has 2 amide bonds. The first-order chi connectivity index (χ1) is 13.9. The summed E-state index contributed by atoms with van der Waals surface area (Å²) in [7, 11) is 0. The van der Waals surface area contributed by atoms with Crippen LogP contribution in [0.3, 0.4) is 0 Å². The Balaban J connectivity index is 1.65. The summed E-state index contributed by atoms with van der Waals surface area (Å²) in [5, 5.41) is 5.66. The lowest BCUT2D eigenvalue weighted by Crippen LogP contribution is -2.45. The fourth-order valence-electron chi connectivity index (χ4n) is 3.05. The molecular formula is C22H26FN3O3. The Morgan fingerprint density at radius 1 is 1.03 bits per heavy atom. The summed E-state index contributed by atoms with van der Waals surface area (Å²) in [6, 6.07) is 13.4. The highest BCUT2D eigenvalue weighted by Gasteiger charge is 2.36. The van der Waals surface area contributed by atoms with Crippen LogP contribution in [-0.2, 0) is 20.9 Å². The van der Waals surface area contributed by atoms with Crippen LogP contribution < -0.4 is 15.5 Å². The summed E-state index contributed by atoms with van der Waals surface area (Å²) in [5.74, 6) is -1.13. The molecule has 0 aliphatic carbocycles. The van der Waals surface area contributed by atoms with Crippen molar-refractivity contribution in [1.29, 1.82) is 0 Å². The number of hydrogen-bond donors (Lipinski definition) is 2. The van der Waals surface area contributed by atoms with E-state index in [4.69, 9.17) is 4.74 Å². The van der Waals surface area contributed by atoms with Gasteiger partial charge < -0.3 is 20.3 Å². The minimum absolute atomic E-state index is 0.222. The summed E-state index contributed by atoms with van der Waals surface area (Å²) in [6.45, 7) is 6.15. The van der Waals surface area contributed by atoms with Gasteiger partial charge >= 0.3 is 0 Å². The van der Waals surface area contributed by atoms with Crippen LogP contribution in [0, 0.1) is 11.2 Å². The summed E-state index contributed by atoms with van der Waals surface area (Å²) in [5.41, 5.74) is 1.05. The van der Waals surface area contributed by atoms with E-state index in [9.17, 15) is 14.0 Å². The van der Waals surface area contributed by atoms with E-state index < -0.39 is 17.2 Å². The van der Waals surface area contributed by atoms with Gasteiger partial charge in [-0.2, -0.15) is 0 Å². The van der Waals surface area contributed by atoms with E-state index in [0.29, 0.717) is 18.9 Å². The molecule has 1 saturated heterocycles. The molecule has 7 heteroatoms. The minimum Gasteiger partial charge on any atom is -0.378 e. The van der Waals surface area contributed by atoms with Crippen LogP contribution in [0.1, 0.15) is 19.4 Å². The van der Waals surface area contributed by atoms with Crippen molar-refractivity contribution in [2.24, 2.45) is 5.41 Å². The van der Waals surface area contributed by atoms with Crippen LogP contribution in [0.5, 0.6) is 0 Å². The average Bonchev–Trinajstić information content (AvgIpc) is 2.74.